The van der Waals surface area contributed by atoms with E-state index in [1.807, 2.05) is 60.7 Å². The molecular weight excluding hydrogens is 364 g/mol. The number of ether oxygens (including phenoxy) is 2. The van der Waals surface area contributed by atoms with Crippen LogP contribution in [0, 0.1) is 11.8 Å². The number of ketones is 1. The van der Waals surface area contributed by atoms with Crippen molar-refractivity contribution in [3.05, 3.63) is 71.8 Å². The molecule has 2 aromatic rings. The predicted octanol–water partition coefficient (Wildman–Crippen LogP) is 4.30. The summed E-state index contributed by atoms with van der Waals surface area (Å²) in [5.74, 6) is 5.46. The number of aliphatic hydroxyl groups is 1. The first-order valence-electron chi connectivity index (χ1n) is 10.1. The topological polar surface area (TPSA) is 55.8 Å². The summed E-state index contributed by atoms with van der Waals surface area (Å²) in [5, 5.41) is 9.26. The first-order chi connectivity index (χ1) is 14.1. The molecule has 0 spiro atoms. The summed E-state index contributed by atoms with van der Waals surface area (Å²) in [6.07, 6.45) is 1.31. The second kappa shape index (κ2) is 13.7. The Bertz CT molecular complexity index is 760. The average Bonchev–Trinajstić information content (AvgIpc) is 2.74. The highest BCUT2D eigenvalue weighted by Crippen LogP contribution is 2.10. The number of Topliss-reactive ketones (excluding diaryl/α,β-unsaturated/α-hetero) is 1. The molecule has 0 unspecified atom stereocenters. The Morgan fingerprint density at radius 1 is 0.966 bits per heavy atom. The minimum absolute atomic E-state index is 0.108. The molecular formula is C25H30O4. The first-order valence-corrected chi connectivity index (χ1v) is 10.1. The molecule has 0 fully saturated rings. The highest BCUT2D eigenvalue weighted by molar-refractivity contribution is 5.95. The van der Waals surface area contributed by atoms with Gasteiger partial charge in [-0.25, -0.2) is 0 Å². The van der Waals surface area contributed by atoms with E-state index in [0.717, 1.165) is 11.1 Å². The van der Waals surface area contributed by atoms with Crippen LogP contribution in [0.3, 0.4) is 0 Å². The van der Waals surface area contributed by atoms with E-state index in [9.17, 15) is 9.90 Å². The zero-order valence-electron chi connectivity index (χ0n) is 17.0. The summed E-state index contributed by atoms with van der Waals surface area (Å²) < 4.78 is 11.8. The Balaban J connectivity index is 1.81. The van der Waals surface area contributed by atoms with E-state index >= 15 is 0 Å². The van der Waals surface area contributed by atoms with Crippen LogP contribution < -0.4 is 0 Å². The Morgan fingerprint density at radius 3 is 2.21 bits per heavy atom. The number of aliphatic hydroxyl groups excluding tert-OH is 1. The van der Waals surface area contributed by atoms with Gasteiger partial charge in [0.1, 0.15) is 0 Å². The van der Waals surface area contributed by atoms with Gasteiger partial charge in [0.25, 0.3) is 0 Å². The monoisotopic (exact) mass is 394 g/mol. The fraction of sp³-hybridized carbons (Fsp3) is 0.400. The normalized spacial score (nSPS) is 12.6. The van der Waals surface area contributed by atoms with Crippen LogP contribution in [0.5, 0.6) is 0 Å². The molecule has 0 radical (unpaired) electrons. The second-order valence-electron chi connectivity index (χ2n) is 7.06. The van der Waals surface area contributed by atoms with Crippen molar-refractivity contribution < 1.29 is 19.4 Å². The third-order valence-electron chi connectivity index (χ3n) is 4.37. The molecule has 29 heavy (non-hydrogen) atoms. The van der Waals surface area contributed by atoms with Crippen LogP contribution in [0.1, 0.15) is 43.7 Å². The largest absolute Gasteiger partial charge is 0.393 e. The summed E-state index contributed by atoms with van der Waals surface area (Å²) in [5.41, 5.74) is 2.24. The van der Waals surface area contributed by atoms with Crippen LogP contribution in [0.4, 0.5) is 0 Å². The summed E-state index contributed by atoms with van der Waals surface area (Å²) in [6.45, 7) is 3.30. The maximum absolute atomic E-state index is 11.8. The molecule has 0 amide bonds. The highest BCUT2D eigenvalue weighted by atomic mass is 16.5. The van der Waals surface area contributed by atoms with Crippen molar-refractivity contribution in [2.75, 3.05) is 6.61 Å². The van der Waals surface area contributed by atoms with E-state index in [-0.39, 0.29) is 18.3 Å². The van der Waals surface area contributed by atoms with Gasteiger partial charge in [-0.2, -0.15) is 0 Å². The highest BCUT2D eigenvalue weighted by Gasteiger charge is 2.09. The fourth-order valence-electron chi connectivity index (χ4n) is 2.68. The van der Waals surface area contributed by atoms with Gasteiger partial charge in [0, 0.05) is 19.4 Å². The molecule has 0 aliphatic heterocycles. The van der Waals surface area contributed by atoms with Crippen molar-refractivity contribution in [2.24, 2.45) is 0 Å². The average molecular weight is 395 g/mol. The summed E-state index contributed by atoms with van der Waals surface area (Å²) in [4.78, 5) is 11.8. The van der Waals surface area contributed by atoms with Crippen molar-refractivity contribution in [1.29, 1.82) is 0 Å². The van der Waals surface area contributed by atoms with Crippen molar-refractivity contribution >= 4 is 5.78 Å². The third kappa shape index (κ3) is 10.6. The summed E-state index contributed by atoms with van der Waals surface area (Å²) in [6, 6.07) is 20.0. The third-order valence-corrected chi connectivity index (χ3v) is 4.37. The minimum Gasteiger partial charge on any atom is -0.393 e. The number of benzene rings is 2. The Hall–Kier alpha value is -2.45. The van der Waals surface area contributed by atoms with Gasteiger partial charge in [0.2, 0.25) is 5.78 Å². The van der Waals surface area contributed by atoms with Gasteiger partial charge in [-0.05, 0) is 36.8 Å². The van der Waals surface area contributed by atoms with Gasteiger partial charge in [-0.15, -0.1) is 0 Å². The van der Waals surface area contributed by atoms with Crippen molar-refractivity contribution in [2.45, 2.75) is 58.0 Å². The van der Waals surface area contributed by atoms with Gasteiger partial charge < -0.3 is 14.6 Å². The molecule has 4 nitrogen and oxygen atoms in total. The molecule has 1 N–H and O–H groups in total. The van der Waals surface area contributed by atoms with Crippen LogP contribution in [0.15, 0.2) is 60.7 Å². The Morgan fingerprint density at radius 2 is 1.59 bits per heavy atom. The number of carbonyl (C=O) groups excluding carboxylic acids is 1. The molecule has 0 saturated carbocycles. The van der Waals surface area contributed by atoms with Crippen molar-refractivity contribution in [3.8, 4) is 11.8 Å². The lowest BCUT2D eigenvalue weighted by molar-refractivity contribution is -0.114. The Kier molecular flexibility index (Phi) is 10.8. The smallest absolute Gasteiger partial charge is 0.205 e. The van der Waals surface area contributed by atoms with Crippen molar-refractivity contribution in [3.63, 3.8) is 0 Å². The molecule has 0 saturated heterocycles. The fourth-order valence-corrected chi connectivity index (χ4v) is 2.68. The van der Waals surface area contributed by atoms with Crippen LogP contribution in [-0.2, 0) is 27.5 Å². The summed E-state index contributed by atoms with van der Waals surface area (Å²) in [7, 11) is 0. The molecule has 2 atom stereocenters. The molecule has 2 rings (SSSR count). The molecule has 2 aromatic carbocycles. The first kappa shape index (κ1) is 22.8. The summed E-state index contributed by atoms with van der Waals surface area (Å²) >= 11 is 0. The van der Waals surface area contributed by atoms with E-state index in [2.05, 4.69) is 11.8 Å². The van der Waals surface area contributed by atoms with Gasteiger partial charge in [-0.3, -0.25) is 4.79 Å². The van der Waals surface area contributed by atoms with E-state index in [1.165, 1.54) is 0 Å². The number of carbonyl (C=O) groups is 1. The van der Waals surface area contributed by atoms with E-state index in [4.69, 9.17) is 9.47 Å². The van der Waals surface area contributed by atoms with E-state index in [0.29, 0.717) is 39.1 Å². The van der Waals surface area contributed by atoms with E-state index < -0.39 is 6.10 Å². The van der Waals surface area contributed by atoms with Crippen molar-refractivity contribution in [1.82, 2.24) is 0 Å². The van der Waals surface area contributed by atoms with Gasteiger partial charge in [0.15, 0.2) is 0 Å². The standard InChI is InChI=1S/C25H30O4/c1-21(26)15-16-24(27)13-8-14-25(29-20-23-11-6-3-7-12-23)17-18-28-19-22-9-4-2-5-10-22/h2-7,9-12,21,25-26H,14-20H2,1H3/t21-,25+/m1/s1. The SMILES string of the molecule is C[C@@H](O)CCC(=O)C#CC[C@@H](CCOCc1ccccc1)OCc1ccccc1. The molecule has 0 heterocycles. The number of rotatable bonds is 12. The second-order valence-corrected chi connectivity index (χ2v) is 7.06. The van der Waals surface area contributed by atoms with E-state index in [1.54, 1.807) is 6.92 Å². The molecule has 0 bridgehead atoms. The van der Waals surface area contributed by atoms with Crippen LogP contribution in [0.2, 0.25) is 0 Å². The predicted molar refractivity (Wildman–Crippen MR) is 114 cm³/mol. The van der Waals surface area contributed by atoms with Crippen LogP contribution >= 0.6 is 0 Å². The Labute approximate surface area is 173 Å². The zero-order chi connectivity index (χ0) is 20.7. The van der Waals surface area contributed by atoms with Gasteiger partial charge in [-0.1, -0.05) is 66.6 Å². The quantitative estimate of drug-likeness (QED) is 0.331. The lowest BCUT2D eigenvalue weighted by Gasteiger charge is -2.16. The zero-order valence-corrected chi connectivity index (χ0v) is 17.0. The lowest BCUT2D eigenvalue weighted by Crippen LogP contribution is -2.15. The molecule has 0 aromatic heterocycles. The van der Waals surface area contributed by atoms with Crippen LogP contribution in [-0.4, -0.2) is 29.7 Å². The lowest BCUT2D eigenvalue weighted by atomic mass is 10.1. The molecule has 0 aliphatic rings. The molecule has 4 heteroatoms. The van der Waals surface area contributed by atoms with Gasteiger partial charge >= 0.3 is 0 Å². The maximum Gasteiger partial charge on any atom is 0.205 e. The number of hydrogen-bond donors (Lipinski definition) is 1. The number of hydrogen-bond acceptors (Lipinski definition) is 4. The van der Waals surface area contributed by atoms with Gasteiger partial charge in [0.05, 0.1) is 25.4 Å². The minimum atomic E-state index is -0.482. The molecule has 154 valence electrons. The maximum atomic E-state index is 11.8. The molecule has 0 aliphatic carbocycles. The van der Waals surface area contributed by atoms with Crippen LogP contribution in [0.25, 0.3) is 0 Å².